The van der Waals surface area contributed by atoms with Crippen molar-refractivity contribution in [1.29, 1.82) is 0 Å². The first-order valence-electron chi connectivity index (χ1n) is 18.8. The normalized spacial score (nSPS) is 11.6. The molecule has 0 fully saturated rings. The predicted molar refractivity (Wildman–Crippen MR) is 231 cm³/mol. The van der Waals surface area contributed by atoms with Crippen LogP contribution in [0, 0.1) is 0 Å². The highest BCUT2D eigenvalue weighted by Crippen LogP contribution is 2.48. The number of rotatable bonds is 6. The lowest BCUT2D eigenvalue weighted by atomic mass is 9.98. The number of anilines is 3. The third-order valence-electron chi connectivity index (χ3n) is 11.0. The summed E-state index contributed by atoms with van der Waals surface area (Å²) in [6.45, 7) is 0. The first-order valence-corrected chi connectivity index (χ1v) is 18.8. The van der Waals surface area contributed by atoms with Crippen LogP contribution in [0.5, 0.6) is 0 Å². The van der Waals surface area contributed by atoms with E-state index < -0.39 is 0 Å². The minimum atomic E-state index is 0.862. The van der Waals surface area contributed by atoms with Crippen molar-refractivity contribution in [3.05, 3.63) is 206 Å². The van der Waals surface area contributed by atoms with E-state index in [1.165, 1.54) is 38.1 Å². The first kappa shape index (κ1) is 31.2. The van der Waals surface area contributed by atoms with E-state index in [0.29, 0.717) is 0 Å². The second-order valence-electron chi connectivity index (χ2n) is 14.1. The molecule has 0 atom stereocenters. The summed E-state index contributed by atoms with van der Waals surface area (Å²) < 4.78 is 9.29. The molecule has 9 aromatic carbocycles. The zero-order chi connectivity index (χ0) is 36.3. The molecule has 11 aromatic rings. The van der Waals surface area contributed by atoms with Crippen LogP contribution in [0.1, 0.15) is 0 Å². The molecule has 0 N–H and O–H groups in total. The van der Waals surface area contributed by atoms with E-state index in [1.807, 2.05) is 0 Å². The van der Waals surface area contributed by atoms with Crippen molar-refractivity contribution in [1.82, 2.24) is 4.57 Å². The van der Waals surface area contributed by atoms with Crippen molar-refractivity contribution < 1.29 is 4.42 Å². The zero-order valence-corrected chi connectivity index (χ0v) is 29.9. The maximum atomic E-state index is 6.92. The van der Waals surface area contributed by atoms with Gasteiger partial charge in [0, 0.05) is 38.5 Å². The summed E-state index contributed by atoms with van der Waals surface area (Å²) in [5, 5.41) is 7.02. The third-order valence-corrected chi connectivity index (χ3v) is 11.0. The van der Waals surface area contributed by atoms with Crippen molar-refractivity contribution in [3.8, 4) is 27.9 Å². The second-order valence-corrected chi connectivity index (χ2v) is 14.1. The smallest absolute Gasteiger partial charge is 0.145 e. The number of fused-ring (bicyclic) bond motifs is 7. The molecule has 0 aliphatic rings. The summed E-state index contributed by atoms with van der Waals surface area (Å²) in [5.41, 5.74) is 12.9. The largest absolute Gasteiger partial charge is 0.455 e. The van der Waals surface area contributed by atoms with Crippen LogP contribution < -0.4 is 4.90 Å². The first-order chi connectivity index (χ1) is 27.3. The monoisotopic (exact) mass is 702 g/mol. The van der Waals surface area contributed by atoms with Gasteiger partial charge in [0.05, 0.1) is 27.8 Å². The van der Waals surface area contributed by atoms with Crippen LogP contribution in [0.15, 0.2) is 211 Å². The molecular formula is C52H34N2O. The van der Waals surface area contributed by atoms with Crippen molar-refractivity contribution in [2.45, 2.75) is 0 Å². The van der Waals surface area contributed by atoms with Crippen LogP contribution in [0.3, 0.4) is 0 Å². The van der Waals surface area contributed by atoms with E-state index in [0.717, 1.165) is 61.4 Å². The van der Waals surface area contributed by atoms with Gasteiger partial charge in [-0.3, -0.25) is 0 Å². The number of nitrogens with zero attached hydrogens (tertiary/aromatic N) is 2. The SMILES string of the molecule is c1ccc(-c2cccc(N(c3cccc4ccccc34)c3ccc(-c4cccc(-n5c6ccccc6c6ccccc65)c4)c4oc5ccccc5c34)c2)cc1. The molecular weight excluding hydrogens is 669 g/mol. The highest BCUT2D eigenvalue weighted by atomic mass is 16.3. The minimum Gasteiger partial charge on any atom is -0.455 e. The molecule has 0 amide bonds. The van der Waals surface area contributed by atoms with Gasteiger partial charge < -0.3 is 13.9 Å². The minimum absolute atomic E-state index is 0.862. The van der Waals surface area contributed by atoms with Crippen molar-refractivity contribution in [2.75, 3.05) is 4.90 Å². The van der Waals surface area contributed by atoms with E-state index in [-0.39, 0.29) is 0 Å². The van der Waals surface area contributed by atoms with Gasteiger partial charge in [-0.05, 0) is 82.7 Å². The molecule has 0 unspecified atom stereocenters. The van der Waals surface area contributed by atoms with Gasteiger partial charge in [-0.1, -0.05) is 146 Å². The molecule has 11 rings (SSSR count). The Morgan fingerprint density at radius 3 is 1.84 bits per heavy atom. The molecule has 3 heteroatoms. The van der Waals surface area contributed by atoms with Crippen LogP contribution >= 0.6 is 0 Å². The maximum absolute atomic E-state index is 6.92. The molecule has 0 radical (unpaired) electrons. The molecule has 3 nitrogen and oxygen atoms in total. The average Bonchev–Trinajstić information content (AvgIpc) is 3.81. The molecule has 2 heterocycles. The van der Waals surface area contributed by atoms with Gasteiger partial charge in [0.25, 0.3) is 0 Å². The average molecular weight is 703 g/mol. The Kier molecular flexibility index (Phi) is 7.17. The number of para-hydroxylation sites is 3. The highest BCUT2D eigenvalue weighted by molar-refractivity contribution is 6.18. The van der Waals surface area contributed by atoms with Crippen molar-refractivity contribution >= 4 is 71.6 Å². The Balaban J connectivity index is 1.17. The molecule has 2 aromatic heterocycles. The zero-order valence-electron chi connectivity index (χ0n) is 29.9. The molecule has 0 aliphatic heterocycles. The summed E-state index contributed by atoms with van der Waals surface area (Å²) >= 11 is 0. The molecule has 0 saturated heterocycles. The van der Waals surface area contributed by atoms with Gasteiger partial charge >= 0.3 is 0 Å². The van der Waals surface area contributed by atoms with Gasteiger partial charge in [0.1, 0.15) is 11.2 Å². The molecule has 258 valence electrons. The van der Waals surface area contributed by atoms with Gasteiger partial charge in [0.15, 0.2) is 0 Å². The van der Waals surface area contributed by atoms with Crippen LogP contribution in [-0.4, -0.2) is 4.57 Å². The molecule has 0 bridgehead atoms. The fourth-order valence-corrected chi connectivity index (χ4v) is 8.50. The number of furan rings is 1. The molecule has 0 aliphatic carbocycles. The summed E-state index contributed by atoms with van der Waals surface area (Å²) in [7, 11) is 0. The predicted octanol–water partition coefficient (Wildman–Crippen LogP) is 14.6. The summed E-state index contributed by atoms with van der Waals surface area (Å²) in [6, 6.07) is 73.8. The quantitative estimate of drug-likeness (QED) is 0.172. The number of aromatic nitrogens is 1. The number of hydrogen-bond acceptors (Lipinski definition) is 2. The topological polar surface area (TPSA) is 21.3 Å². The van der Waals surface area contributed by atoms with Crippen LogP contribution in [-0.2, 0) is 0 Å². The van der Waals surface area contributed by atoms with Crippen LogP contribution in [0.25, 0.3) is 82.5 Å². The van der Waals surface area contributed by atoms with Crippen molar-refractivity contribution in [3.63, 3.8) is 0 Å². The summed E-state index contributed by atoms with van der Waals surface area (Å²) in [6.07, 6.45) is 0. The lowest BCUT2D eigenvalue weighted by Crippen LogP contribution is -2.11. The second kappa shape index (κ2) is 12.6. The lowest BCUT2D eigenvalue weighted by molar-refractivity contribution is 0.670. The molecule has 0 saturated carbocycles. The number of hydrogen-bond donors (Lipinski definition) is 0. The van der Waals surface area contributed by atoms with Crippen LogP contribution in [0.2, 0.25) is 0 Å². The Morgan fingerprint density at radius 2 is 1.02 bits per heavy atom. The van der Waals surface area contributed by atoms with E-state index >= 15 is 0 Å². The summed E-state index contributed by atoms with van der Waals surface area (Å²) in [5.74, 6) is 0. The van der Waals surface area contributed by atoms with E-state index in [9.17, 15) is 0 Å². The van der Waals surface area contributed by atoms with E-state index in [2.05, 4.69) is 216 Å². The number of benzene rings is 9. The van der Waals surface area contributed by atoms with E-state index in [4.69, 9.17) is 4.42 Å². The van der Waals surface area contributed by atoms with Crippen LogP contribution in [0.4, 0.5) is 17.1 Å². The standard InChI is InChI=1S/C52H34N2O/c1-2-15-35(16-3-1)37-19-12-21-39(33-37)54(46-29-14-18-36-17-4-5-23-41(36)46)49-32-31-42(52-51(49)45-26-8-11-30-50(45)55-52)38-20-13-22-40(34-38)53-47-27-9-6-24-43(47)44-25-7-10-28-48(44)53/h1-34H. The Morgan fingerprint density at radius 1 is 0.400 bits per heavy atom. The Labute approximate surface area is 318 Å². The molecule has 55 heavy (non-hydrogen) atoms. The van der Waals surface area contributed by atoms with Gasteiger partial charge in [0.2, 0.25) is 0 Å². The van der Waals surface area contributed by atoms with Gasteiger partial charge in [-0.25, -0.2) is 0 Å². The third kappa shape index (κ3) is 5.05. The van der Waals surface area contributed by atoms with Crippen molar-refractivity contribution in [2.24, 2.45) is 0 Å². The fraction of sp³-hybridized carbons (Fsp3) is 0. The maximum Gasteiger partial charge on any atom is 0.145 e. The highest BCUT2D eigenvalue weighted by Gasteiger charge is 2.24. The van der Waals surface area contributed by atoms with E-state index in [1.54, 1.807) is 0 Å². The Bertz CT molecular complexity index is 3170. The van der Waals surface area contributed by atoms with Gasteiger partial charge in [-0.2, -0.15) is 0 Å². The molecule has 0 spiro atoms. The summed E-state index contributed by atoms with van der Waals surface area (Å²) in [4.78, 5) is 2.41. The lowest BCUT2D eigenvalue weighted by Gasteiger charge is -2.28. The van der Waals surface area contributed by atoms with Gasteiger partial charge in [-0.15, -0.1) is 0 Å². The fourth-order valence-electron chi connectivity index (χ4n) is 8.50. The Hall–Kier alpha value is -7.36.